The van der Waals surface area contributed by atoms with E-state index in [1.165, 1.54) is 0 Å². The summed E-state index contributed by atoms with van der Waals surface area (Å²) in [5.74, 6) is 0.665. The smallest absolute Gasteiger partial charge is 0.150 e. The molecule has 6 heteroatoms. The molecule has 21 heavy (non-hydrogen) atoms. The highest BCUT2D eigenvalue weighted by atomic mass is 79.9. The summed E-state index contributed by atoms with van der Waals surface area (Å²) in [4.78, 5) is 10.8. The van der Waals surface area contributed by atoms with Crippen LogP contribution < -0.4 is 4.74 Å². The SMILES string of the molecule is CCC(C)n1ccc(COc2c(Br)cc(C=O)cc2Br)n1. The molecule has 0 fully saturated rings. The molecule has 112 valence electrons. The van der Waals surface area contributed by atoms with Crippen LogP contribution in [0.2, 0.25) is 0 Å². The molecular formula is C15H16Br2N2O2. The van der Waals surface area contributed by atoms with E-state index in [-0.39, 0.29) is 0 Å². The molecular weight excluding hydrogens is 400 g/mol. The average molecular weight is 416 g/mol. The summed E-state index contributed by atoms with van der Waals surface area (Å²) >= 11 is 6.82. The van der Waals surface area contributed by atoms with E-state index < -0.39 is 0 Å². The van der Waals surface area contributed by atoms with Gasteiger partial charge in [0.05, 0.1) is 14.6 Å². The summed E-state index contributed by atoms with van der Waals surface area (Å²) in [5, 5.41) is 4.49. The van der Waals surface area contributed by atoms with Crippen molar-refractivity contribution in [2.45, 2.75) is 32.9 Å². The largest absolute Gasteiger partial charge is 0.485 e. The van der Waals surface area contributed by atoms with Crippen LogP contribution >= 0.6 is 31.9 Å². The molecule has 0 aliphatic heterocycles. The third-order valence-corrected chi connectivity index (χ3v) is 4.41. The summed E-state index contributed by atoms with van der Waals surface area (Å²) < 4.78 is 9.21. The minimum absolute atomic E-state index is 0.376. The molecule has 0 radical (unpaired) electrons. The van der Waals surface area contributed by atoms with E-state index in [2.05, 4.69) is 50.8 Å². The lowest BCUT2D eigenvalue weighted by atomic mass is 10.2. The van der Waals surface area contributed by atoms with Gasteiger partial charge in [0.25, 0.3) is 0 Å². The second-order valence-electron chi connectivity index (χ2n) is 4.76. The van der Waals surface area contributed by atoms with Crippen LogP contribution in [0.3, 0.4) is 0 Å². The summed E-state index contributed by atoms with van der Waals surface area (Å²) in [7, 11) is 0. The second kappa shape index (κ2) is 7.22. The zero-order chi connectivity index (χ0) is 15.4. The monoisotopic (exact) mass is 414 g/mol. The molecule has 4 nitrogen and oxygen atoms in total. The minimum Gasteiger partial charge on any atom is -0.485 e. The maximum Gasteiger partial charge on any atom is 0.150 e. The van der Waals surface area contributed by atoms with E-state index in [9.17, 15) is 4.79 Å². The molecule has 2 rings (SSSR count). The van der Waals surface area contributed by atoms with Gasteiger partial charge < -0.3 is 4.74 Å². The highest BCUT2D eigenvalue weighted by Crippen LogP contribution is 2.34. The summed E-state index contributed by atoms with van der Waals surface area (Å²) in [6.45, 7) is 4.63. The highest BCUT2D eigenvalue weighted by molar-refractivity contribution is 9.11. The lowest BCUT2D eigenvalue weighted by Crippen LogP contribution is -2.06. The fourth-order valence-electron chi connectivity index (χ4n) is 1.82. The van der Waals surface area contributed by atoms with Gasteiger partial charge in [0.15, 0.2) is 0 Å². The summed E-state index contributed by atoms with van der Waals surface area (Å²) in [5.41, 5.74) is 1.45. The lowest BCUT2D eigenvalue weighted by molar-refractivity contribution is 0.112. The van der Waals surface area contributed by atoms with Crippen LogP contribution in [0.1, 0.15) is 42.4 Å². The van der Waals surface area contributed by atoms with Crippen molar-refractivity contribution in [2.75, 3.05) is 0 Å². The Morgan fingerprint density at radius 2 is 2.05 bits per heavy atom. The van der Waals surface area contributed by atoms with E-state index in [0.29, 0.717) is 24.0 Å². The van der Waals surface area contributed by atoms with Crippen molar-refractivity contribution in [3.8, 4) is 5.75 Å². The van der Waals surface area contributed by atoms with Crippen LogP contribution in [0, 0.1) is 0 Å². The fraction of sp³-hybridized carbons (Fsp3) is 0.333. The number of halogens is 2. The normalized spacial score (nSPS) is 12.2. The van der Waals surface area contributed by atoms with Gasteiger partial charge in [0, 0.05) is 17.8 Å². The minimum atomic E-state index is 0.376. The van der Waals surface area contributed by atoms with Crippen molar-refractivity contribution in [1.29, 1.82) is 0 Å². The van der Waals surface area contributed by atoms with Gasteiger partial charge in [-0.1, -0.05) is 6.92 Å². The van der Waals surface area contributed by atoms with Crippen LogP contribution in [0.5, 0.6) is 5.75 Å². The highest BCUT2D eigenvalue weighted by Gasteiger charge is 2.11. The van der Waals surface area contributed by atoms with Crippen LogP contribution in [0.4, 0.5) is 0 Å². The number of hydrogen-bond donors (Lipinski definition) is 0. The Morgan fingerprint density at radius 1 is 1.38 bits per heavy atom. The lowest BCUT2D eigenvalue weighted by Gasteiger charge is -2.10. The van der Waals surface area contributed by atoms with Crippen molar-refractivity contribution in [2.24, 2.45) is 0 Å². The molecule has 0 N–H and O–H groups in total. The molecule has 0 amide bonds. The number of rotatable bonds is 6. The first-order valence-electron chi connectivity index (χ1n) is 6.66. The van der Waals surface area contributed by atoms with Crippen LogP contribution in [-0.2, 0) is 6.61 Å². The molecule has 1 heterocycles. The number of benzene rings is 1. The second-order valence-corrected chi connectivity index (χ2v) is 6.47. The molecule has 0 saturated carbocycles. The molecule has 0 aliphatic rings. The van der Waals surface area contributed by atoms with Gasteiger partial charge >= 0.3 is 0 Å². The van der Waals surface area contributed by atoms with Crippen molar-refractivity contribution in [3.05, 3.63) is 44.6 Å². The number of carbonyl (C=O) groups is 1. The molecule has 2 aromatic rings. The van der Waals surface area contributed by atoms with Gasteiger partial charge in [-0.3, -0.25) is 9.48 Å². The molecule has 1 aromatic heterocycles. The van der Waals surface area contributed by atoms with E-state index in [4.69, 9.17) is 4.74 Å². The van der Waals surface area contributed by atoms with E-state index in [1.807, 2.05) is 16.9 Å². The summed E-state index contributed by atoms with van der Waals surface area (Å²) in [6.07, 6.45) is 3.80. The maximum atomic E-state index is 10.8. The quantitative estimate of drug-likeness (QED) is 0.638. The van der Waals surface area contributed by atoms with Crippen molar-refractivity contribution < 1.29 is 9.53 Å². The first-order valence-corrected chi connectivity index (χ1v) is 8.24. The predicted octanol–water partition coefficient (Wildman–Crippen LogP) is 4.77. The first-order chi connectivity index (χ1) is 10.0. The average Bonchev–Trinajstić information content (AvgIpc) is 2.94. The fourth-order valence-corrected chi connectivity index (χ4v) is 3.27. The Morgan fingerprint density at radius 3 is 2.62 bits per heavy atom. The van der Waals surface area contributed by atoms with Crippen molar-refractivity contribution >= 4 is 38.1 Å². The number of aromatic nitrogens is 2. The number of nitrogens with zero attached hydrogens (tertiary/aromatic N) is 2. The van der Waals surface area contributed by atoms with E-state index in [1.54, 1.807) is 12.1 Å². The van der Waals surface area contributed by atoms with Gasteiger partial charge in [0.2, 0.25) is 0 Å². The molecule has 0 bridgehead atoms. The Kier molecular flexibility index (Phi) is 5.58. The Hall–Kier alpha value is -1.14. The first kappa shape index (κ1) is 16.2. The molecule has 0 saturated heterocycles. The Labute approximate surface area is 140 Å². The van der Waals surface area contributed by atoms with Gasteiger partial charge in [-0.2, -0.15) is 5.10 Å². The van der Waals surface area contributed by atoms with E-state index in [0.717, 1.165) is 27.3 Å². The van der Waals surface area contributed by atoms with Crippen LogP contribution in [0.25, 0.3) is 0 Å². The standard InChI is InChI=1S/C15H16Br2N2O2/c1-3-10(2)19-5-4-12(18-19)9-21-15-13(16)6-11(8-20)7-14(15)17/h4-8,10H,3,9H2,1-2H3. The van der Waals surface area contributed by atoms with E-state index >= 15 is 0 Å². The van der Waals surface area contributed by atoms with Crippen LogP contribution in [-0.4, -0.2) is 16.1 Å². The van der Waals surface area contributed by atoms with Crippen molar-refractivity contribution in [1.82, 2.24) is 9.78 Å². The van der Waals surface area contributed by atoms with Gasteiger partial charge in [0.1, 0.15) is 18.6 Å². The Bertz CT molecular complexity index is 617. The maximum absolute atomic E-state index is 10.8. The zero-order valence-corrected chi connectivity index (χ0v) is 15.0. The number of ether oxygens (including phenoxy) is 1. The Balaban J connectivity index is 2.09. The molecule has 0 aliphatic carbocycles. The third kappa shape index (κ3) is 3.95. The molecule has 0 spiro atoms. The van der Waals surface area contributed by atoms with Gasteiger partial charge in [-0.05, 0) is 63.4 Å². The number of carbonyl (C=O) groups excluding carboxylic acids is 1. The van der Waals surface area contributed by atoms with Crippen LogP contribution in [0.15, 0.2) is 33.3 Å². The number of hydrogen-bond acceptors (Lipinski definition) is 3. The zero-order valence-electron chi connectivity index (χ0n) is 11.8. The van der Waals surface area contributed by atoms with Crippen molar-refractivity contribution in [3.63, 3.8) is 0 Å². The molecule has 1 unspecified atom stereocenters. The van der Waals surface area contributed by atoms with Gasteiger partial charge in [-0.15, -0.1) is 0 Å². The molecule has 1 aromatic carbocycles. The third-order valence-electron chi connectivity index (χ3n) is 3.23. The molecule has 1 atom stereocenters. The topological polar surface area (TPSA) is 44.1 Å². The summed E-state index contributed by atoms with van der Waals surface area (Å²) in [6, 6.07) is 5.79. The number of aldehydes is 1. The predicted molar refractivity (Wildman–Crippen MR) is 88.8 cm³/mol. The van der Waals surface area contributed by atoms with Gasteiger partial charge in [-0.25, -0.2) is 0 Å².